The predicted molar refractivity (Wildman–Crippen MR) is 87.8 cm³/mol. The highest BCUT2D eigenvalue weighted by Gasteiger charge is 2.28. The standard InChI is InChI=1S/C16H29N5/c1-12(2)15-14(17)16(19(3)18-15)21-10-8-20(9-11-21)13-6-4-5-7-13/h12-13H,4-11,17H2,1-3H3. The number of piperazine rings is 1. The minimum absolute atomic E-state index is 0.379. The van der Waals surface area contributed by atoms with E-state index in [1.165, 1.54) is 25.7 Å². The molecule has 2 fully saturated rings. The third-order valence-corrected chi connectivity index (χ3v) is 5.08. The summed E-state index contributed by atoms with van der Waals surface area (Å²) in [7, 11) is 2.01. The summed E-state index contributed by atoms with van der Waals surface area (Å²) in [6.07, 6.45) is 5.62. The molecule has 1 aromatic heterocycles. The first kappa shape index (κ1) is 14.7. The average molecular weight is 291 g/mol. The van der Waals surface area contributed by atoms with Crippen molar-refractivity contribution >= 4 is 11.5 Å². The zero-order valence-electron chi connectivity index (χ0n) is 13.7. The van der Waals surface area contributed by atoms with Gasteiger partial charge in [-0.3, -0.25) is 9.58 Å². The Hall–Kier alpha value is -1.23. The number of nitrogen functional groups attached to an aromatic ring is 1. The molecule has 0 atom stereocenters. The fraction of sp³-hybridized carbons (Fsp3) is 0.812. The van der Waals surface area contributed by atoms with E-state index in [1.807, 2.05) is 11.7 Å². The zero-order chi connectivity index (χ0) is 15.0. The van der Waals surface area contributed by atoms with Crippen molar-refractivity contribution in [2.75, 3.05) is 36.8 Å². The SMILES string of the molecule is CC(C)c1nn(C)c(N2CCN(C3CCCC3)CC2)c1N. The topological polar surface area (TPSA) is 50.3 Å². The van der Waals surface area contributed by atoms with Crippen LogP contribution in [0.2, 0.25) is 0 Å². The molecule has 0 aromatic carbocycles. The minimum atomic E-state index is 0.379. The summed E-state index contributed by atoms with van der Waals surface area (Å²) >= 11 is 0. The van der Waals surface area contributed by atoms with Gasteiger partial charge in [-0.1, -0.05) is 26.7 Å². The Balaban J connectivity index is 1.69. The lowest BCUT2D eigenvalue weighted by molar-refractivity contribution is 0.187. The Morgan fingerprint density at radius 1 is 1.10 bits per heavy atom. The molecule has 0 unspecified atom stereocenters. The third kappa shape index (κ3) is 2.76. The largest absolute Gasteiger partial charge is 0.394 e. The maximum Gasteiger partial charge on any atom is 0.150 e. The molecule has 0 radical (unpaired) electrons. The van der Waals surface area contributed by atoms with E-state index in [1.54, 1.807) is 0 Å². The van der Waals surface area contributed by atoms with Gasteiger partial charge < -0.3 is 10.6 Å². The van der Waals surface area contributed by atoms with Crippen LogP contribution in [0, 0.1) is 0 Å². The molecule has 2 N–H and O–H groups in total. The van der Waals surface area contributed by atoms with Gasteiger partial charge in [-0.05, 0) is 18.8 Å². The van der Waals surface area contributed by atoms with Crippen LogP contribution >= 0.6 is 0 Å². The first-order valence-corrected chi connectivity index (χ1v) is 8.39. The van der Waals surface area contributed by atoms with E-state index < -0.39 is 0 Å². The van der Waals surface area contributed by atoms with Crippen LogP contribution in [0.25, 0.3) is 0 Å². The molecule has 1 saturated carbocycles. The summed E-state index contributed by atoms with van der Waals surface area (Å²) in [5.74, 6) is 1.49. The number of hydrogen-bond acceptors (Lipinski definition) is 4. The number of hydrogen-bond donors (Lipinski definition) is 1. The van der Waals surface area contributed by atoms with Gasteiger partial charge in [-0.15, -0.1) is 0 Å². The van der Waals surface area contributed by atoms with Gasteiger partial charge in [0.2, 0.25) is 0 Å². The summed E-state index contributed by atoms with van der Waals surface area (Å²) in [5, 5.41) is 4.62. The summed E-state index contributed by atoms with van der Waals surface area (Å²) in [5.41, 5.74) is 8.26. The second-order valence-corrected chi connectivity index (χ2v) is 6.86. The molecule has 1 aliphatic heterocycles. The smallest absolute Gasteiger partial charge is 0.150 e. The molecule has 5 nitrogen and oxygen atoms in total. The van der Waals surface area contributed by atoms with E-state index in [0.29, 0.717) is 5.92 Å². The molecule has 3 rings (SSSR count). The predicted octanol–water partition coefficient (Wildman–Crippen LogP) is 2.19. The Morgan fingerprint density at radius 3 is 2.24 bits per heavy atom. The number of nitrogens with zero attached hydrogens (tertiary/aromatic N) is 4. The van der Waals surface area contributed by atoms with Gasteiger partial charge in [0.1, 0.15) is 0 Å². The highest BCUT2D eigenvalue weighted by Crippen LogP contribution is 2.32. The van der Waals surface area contributed by atoms with Gasteiger partial charge in [0.25, 0.3) is 0 Å². The van der Waals surface area contributed by atoms with Gasteiger partial charge >= 0.3 is 0 Å². The van der Waals surface area contributed by atoms with Crippen LogP contribution in [0.4, 0.5) is 11.5 Å². The third-order valence-electron chi connectivity index (χ3n) is 5.08. The monoisotopic (exact) mass is 291 g/mol. The average Bonchev–Trinajstić information content (AvgIpc) is 3.08. The van der Waals surface area contributed by atoms with Crippen LogP contribution in [0.3, 0.4) is 0 Å². The quantitative estimate of drug-likeness (QED) is 0.927. The van der Waals surface area contributed by atoms with Crippen molar-refractivity contribution in [2.45, 2.75) is 51.5 Å². The van der Waals surface area contributed by atoms with Crippen LogP contribution in [-0.2, 0) is 7.05 Å². The summed E-state index contributed by atoms with van der Waals surface area (Å²) in [6, 6.07) is 0.835. The maximum absolute atomic E-state index is 6.35. The summed E-state index contributed by atoms with van der Waals surface area (Å²) in [4.78, 5) is 5.10. The molecular formula is C16H29N5. The zero-order valence-corrected chi connectivity index (χ0v) is 13.7. The van der Waals surface area contributed by atoms with Crippen LogP contribution in [0.5, 0.6) is 0 Å². The second-order valence-electron chi connectivity index (χ2n) is 6.86. The molecule has 2 heterocycles. The number of aromatic nitrogens is 2. The second kappa shape index (κ2) is 5.87. The maximum atomic E-state index is 6.35. The number of anilines is 2. The molecule has 0 spiro atoms. The molecule has 118 valence electrons. The van der Waals surface area contributed by atoms with Crippen molar-refractivity contribution in [1.29, 1.82) is 0 Å². The van der Waals surface area contributed by atoms with Gasteiger partial charge in [0.05, 0.1) is 11.4 Å². The van der Waals surface area contributed by atoms with Crippen molar-refractivity contribution < 1.29 is 0 Å². The van der Waals surface area contributed by atoms with Crippen LogP contribution in [0.1, 0.15) is 51.1 Å². The van der Waals surface area contributed by atoms with Crippen LogP contribution < -0.4 is 10.6 Å². The molecule has 2 aliphatic rings. The van der Waals surface area contributed by atoms with E-state index in [4.69, 9.17) is 5.73 Å². The van der Waals surface area contributed by atoms with E-state index in [9.17, 15) is 0 Å². The van der Waals surface area contributed by atoms with E-state index in [-0.39, 0.29) is 0 Å². The molecule has 1 aromatic rings. The van der Waals surface area contributed by atoms with Crippen molar-refractivity contribution in [3.8, 4) is 0 Å². The Labute approximate surface area is 128 Å². The van der Waals surface area contributed by atoms with Gasteiger partial charge in [-0.25, -0.2) is 0 Å². The van der Waals surface area contributed by atoms with Gasteiger partial charge in [0, 0.05) is 39.3 Å². The van der Waals surface area contributed by atoms with E-state index in [0.717, 1.165) is 49.4 Å². The molecule has 1 aliphatic carbocycles. The Bertz CT molecular complexity index is 479. The minimum Gasteiger partial charge on any atom is -0.394 e. The van der Waals surface area contributed by atoms with Crippen molar-refractivity contribution in [3.63, 3.8) is 0 Å². The van der Waals surface area contributed by atoms with Crippen molar-refractivity contribution in [3.05, 3.63) is 5.69 Å². The highest BCUT2D eigenvalue weighted by atomic mass is 15.4. The molecule has 0 bridgehead atoms. The number of rotatable bonds is 3. The molecule has 1 saturated heterocycles. The highest BCUT2D eigenvalue weighted by molar-refractivity contribution is 5.67. The Kier molecular flexibility index (Phi) is 4.11. The van der Waals surface area contributed by atoms with Gasteiger partial charge in [-0.2, -0.15) is 5.10 Å². The number of aryl methyl sites for hydroxylation is 1. The summed E-state index contributed by atoms with van der Waals surface area (Å²) < 4.78 is 1.97. The number of nitrogens with two attached hydrogens (primary N) is 1. The van der Waals surface area contributed by atoms with Gasteiger partial charge in [0.15, 0.2) is 5.82 Å². The lowest BCUT2D eigenvalue weighted by atomic mass is 10.1. The van der Waals surface area contributed by atoms with Crippen molar-refractivity contribution in [2.24, 2.45) is 7.05 Å². The lowest BCUT2D eigenvalue weighted by Gasteiger charge is -2.39. The Morgan fingerprint density at radius 2 is 1.71 bits per heavy atom. The normalized spacial score (nSPS) is 21.6. The molecule has 0 amide bonds. The fourth-order valence-corrected chi connectivity index (χ4v) is 3.92. The summed E-state index contributed by atoms with van der Waals surface area (Å²) in [6.45, 7) is 8.76. The van der Waals surface area contributed by atoms with E-state index in [2.05, 4.69) is 28.7 Å². The lowest BCUT2D eigenvalue weighted by Crippen LogP contribution is -2.50. The van der Waals surface area contributed by atoms with E-state index >= 15 is 0 Å². The molecule has 5 heteroatoms. The first-order valence-electron chi connectivity index (χ1n) is 8.39. The van der Waals surface area contributed by atoms with Crippen LogP contribution in [0.15, 0.2) is 0 Å². The first-order chi connectivity index (χ1) is 10.1. The molecular weight excluding hydrogens is 262 g/mol. The van der Waals surface area contributed by atoms with Crippen molar-refractivity contribution in [1.82, 2.24) is 14.7 Å². The van der Waals surface area contributed by atoms with Crippen LogP contribution in [-0.4, -0.2) is 46.9 Å². The fourth-order valence-electron chi connectivity index (χ4n) is 3.92. The molecule has 21 heavy (non-hydrogen) atoms.